The molecule has 146 valence electrons. The van der Waals surface area contributed by atoms with Crippen molar-refractivity contribution < 1.29 is 14.9 Å². The quantitative estimate of drug-likeness (QED) is 0.597. The number of hydrogen-bond donors (Lipinski definition) is 1. The first-order valence-electron chi connectivity index (χ1n) is 9.23. The lowest BCUT2D eigenvalue weighted by Crippen LogP contribution is -2.43. The first-order valence-corrected chi connectivity index (χ1v) is 9.23. The van der Waals surface area contributed by atoms with Crippen LogP contribution in [0, 0.1) is 25.5 Å². The molecule has 1 aliphatic rings. The van der Waals surface area contributed by atoms with E-state index in [1.807, 2.05) is 19.1 Å². The molecule has 0 radical (unpaired) electrons. The Labute approximate surface area is 159 Å². The SMILES string of the molecule is CCN1[C@@H](c2c(F)cc(C)cc2F)c2[nH]c3cccc(C)c3c2C[C@@H]1C.F.[HH]. The highest BCUT2D eigenvalue weighted by molar-refractivity contribution is 5.88. The number of nitrogens with zero attached hydrogens (tertiary/aromatic N) is 1. The highest BCUT2D eigenvalue weighted by Crippen LogP contribution is 2.42. The van der Waals surface area contributed by atoms with E-state index in [0.717, 1.165) is 24.2 Å². The Hall–Kier alpha value is -2.27. The molecule has 4 rings (SSSR count). The van der Waals surface area contributed by atoms with Crippen molar-refractivity contribution in [3.8, 4) is 0 Å². The van der Waals surface area contributed by atoms with Crippen molar-refractivity contribution in [3.05, 3.63) is 69.9 Å². The second-order valence-corrected chi connectivity index (χ2v) is 7.44. The van der Waals surface area contributed by atoms with Gasteiger partial charge in [-0.2, -0.15) is 0 Å². The van der Waals surface area contributed by atoms with E-state index in [1.54, 1.807) is 6.92 Å². The lowest BCUT2D eigenvalue weighted by molar-refractivity contribution is 0.152. The zero-order valence-electron chi connectivity index (χ0n) is 16.1. The summed E-state index contributed by atoms with van der Waals surface area (Å²) in [5, 5.41) is 1.20. The number of rotatable bonds is 2. The van der Waals surface area contributed by atoms with Gasteiger partial charge in [-0.05, 0) is 68.6 Å². The Bertz CT molecular complexity index is 976. The number of fused-ring (bicyclic) bond motifs is 3. The summed E-state index contributed by atoms with van der Waals surface area (Å²) in [6.07, 6.45) is 0.875. The van der Waals surface area contributed by atoms with Crippen LogP contribution in [0.3, 0.4) is 0 Å². The van der Waals surface area contributed by atoms with Gasteiger partial charge in [0.2, 0.25) is 0 Å². The molecule has 0 fully saturated rings. The van der Waals surface area contributed by atoms with Gasteiger partial charge in [-0.25, -0.2) is 8.78 Å². The third kappa shape index (κ3) is 2.94. The smallest absolute Gasteiger partial charge is 0.131 e. The molecule has 1 N–H and O–H groups in total. The molecule has 0 bridgehead atoms. The number of nitrogens with one attached hydrogen (secondary N) is 1. The van der Waals surface area contributed by atoms with Crippen molar-refractivity contribution in [1.29, 1.82) is 0 Å². The van der Waals surface area contributed by atoms with Gasteiger partial charge in [0.05, 0.1) is 6.04 Å². The van der Waals surface area contributed by atoms with Crippen LogP contribution in [0.25, 0.3) is 10.9 Å². The van der Waals surface area contributed by atoms with Crippen LogP contribution >= 0.6 is 0 Å². The molecule has 2 heterocycles. The average Bonchev–Trinajstić information content (AvgIpc) is 2.93. The van der Waals surface area contributed by atoms with E-state index in [9.17, 15) is 8.78 Å². The normalized spacial score (nSPS) is 19.8. The minimum Gasteiger partial charge on any atom is -0.357 e. The summed E-state index contributed by atoms with van der Waals surface area (Å²) in [7, 11) is 0. The molecule has 0 unspecified atom stereocenters. The maximum atomic E-state index is 14.9. The third-order valence-corrected chi connectivity index (χ3v) is 5.70. The van der Waals surface area contributed by atoms with Crippen LogP contribution in [0.1, 0.15) is 49.3 Å². The summed E-state index contributed by atoms with van der Waals surface area (Å²) < 4.78 is 29.8. The number of aromatic amines is 1. The summed E-state index contributed by atoms with van der Waals surface area (Å²) in [6.45, 7) is 8.73. The maximum absolute atomic E-state index is 14.9. The molecule has 3 aromatic rings. The number of H-pyrrole nitrogens is 1. The minimum absolute atomic E-state index is 0. The van der Waals surface area contributed by atoms with E-state index in [2.05, 4.69) is 29.8 Å². The van der Waals surface area contributed by atoms with Crippen molar-refractivity contribution in [2.75, 3.05) is 6.54 Å². The lowest BCUT2D eigenvalue weighted by Gasteiger charge is -2.40. The van der Waals surface area contributed by atoms with E-state index < -0.39 is 17.7 Å². The summed E-state index contributed by atoms with van der Waals surface area (Å²) in [5.41, 5.74) is 5.10. The topological polar surface area (TPSA) is 19.0 Å². The van der Waals surface area contributed by atoms with Crippen LogP contribution in [-0.4, -0.2) is 22.5 Å². The largest absolute Gasteiger partial charge is 0.357 e. The third-order valence-electron chi connectivity index (χ3n) is 5.70. The van der Waals surface area contributed by atoms with Gasteiger partial charge >= 0.3 is 0 Å². The fourth-order valence-electron chi connectivity index (χ4n) is 4.58. The second-order valence-electron chi connectivity index (χ2n) is 7.44. The van der Waals surface area contributed by atoms with Gasteiger partial charge < -0.3 is 4.98 Å². The summed E-state index contributed by atoms with van der Waals surface area (Å²) in [6, 6.07) is 8.78. The number of likely N-dealkylation sites (N-methyl/N-ethyl adjacent to an activating group) is 1. The molecule has 0 amide bonds. The van der Waals surface area contributed by atoms with Gasteiger partial charge in [-0.3, -0.25) is 9.60 Å². The van der Waals surface area contributed by atoms with Crippen LogP contribution in [-0.2, 0) is 6.42 Å². The number of aryl methyl sites for hydroxylation is 2. The van der Waals surface area contributed by atoms with E-state index in [0.29, 0.717) is 5.56 Å². The Balaban J connectivity index is 0.00000140. The standard InChI is InChI=1S/C22H24F2N2.FH.H2/c1-5-26-14(4)11-15-19-13(3)7-6-8-18(19)25-21(15)22(26)20-16(23)9-12(2)10-17(20)24;;/h6-10,14,22,25H,5,11H2,1-4H3;2*1H/t14-,22-;;/m0../s1. The van der Waals surface area contributed by atoms with Crippen molar-refractivity contribution in [2.45, 2.75) is 46.2 Å². The fraction of sp³-hybridized carbons (Fsp3) is 0.364. The van der Waals surface area contributed by atoms with E-state index in [1.165, 1.54) is 28.6 Å². The molecular weight excluding hydrogens is 349 g/mol. The zero-order chi connectivity index (χ0) is 18.6. The molecule has 0 aliphatic carbocycles. The van der Waals surface area contributed by atoms with Crippen LogP contribution in [0.4, 0.5) is 13.5 Å². The second kappa shape index (κ2) is 7.04. The number of hydrogen-bond acceptors (Lipinski definition) is 1. The van der Waals surface area contributed by atoms with Crippen LogP contribution < -0.4 is 0 Å². The molecular formula is C22H27F3N2. The molecule has 2 nitrogen and oxygen atoms in total. The highest BCUT2D eigenvalue weighted by Gasteiger charge is 2.38. The summed E-state index contributed by atoms with van der Waals surface area (Å²) >= 11 is 0. The Morgan fingerprint density at radius 1 is 1.19 bits per heavy atom. The molecule has 0 saturated heterocycles. The number of halogens is 3. The zero-order valence-corrected chi connectivity index (χ0v) is 16.1. The van der Waals surface area contributed by atoms with Crippen molar-refractivity contribution in [2.24, 2.45) is 0 Å². The molecule has 5 heteroatoms. The average molecular weight is 376 g/mol. The van der Waals surface area contributed by atoms with Gasteiger partial charge in [0, 0.05) is 29.6 Å². The monoisotopic (exact) mass is 376 g/mol. The number of aromatic nitrogens is 1. The highest BCUT2D eigenvalue weighted by atomic mass is 19.1. The van der Waals surface area contributed by atoms with Crippen LogP contribution in [0.2, 0.25) is 0 Å². The first kappa shape index (κ1) is 19.5. The van der Waals surface area contributed by atoms with Gasteiger partial charge in [0.25, 0.3) is 0 Å². The summed E-state index contributed by atoms with van der Waals surface area (Å²) in [5.74, 6) is -0.942. The minimum atomic E-state index is -0.471. The van der Waals surface area contributed by atoms with Gasteiger partial charge in [-0.1, -0.05) is 19.1 Å². The lowest BCUT2D eigenvalue weighted by atomic mass is 9.87. The molecule has 2 atom stereocenters. The maximum Gasteiger partial charge on any atom is 0.131 e. The van der Waals surface area contributed by atoms with E-state index in [4.69, 9.17) is 0 Å². The number of benzene rings is 2. The van der Waals surface area contributed by atoms with Gasteiger partial charge in [0.1, 0.15) is 11.6 Å². The molecule has 1 aliphatic heterocycles. The predicted molar refractivity (Wildman–Crippen MR) is 106 cm³/mol. The molecule has 27 heavy (non-hydrogen) atoms. The van der Waals surface area contributed by atoms with Crippen LogP contribution in [0.15, 0.2) is 30.3 Å². The van der Waals surface area contributed by atoms with Gasteiger partial charge in [-0.15, -0.1) is 0 Å². The van der Waals surface area contributed by atoms with Crippen molar-refractivity contribution in [3.63, 3.8) is 0 Å². The van der Waals surface area contributed by atoms with E-state index >= 15 is 0 Å². The summed E-state index contributed by atoms with van der Waals surface area (Å²) in [4.78, 5) is 5.67. The van der Waals surface area contributed by atoms with E-state index in [-0.39, 0.29) is 17.7 Å². The van der Waals surface area contributed by atoms with Crippen molar-refractivity contribution >= 4 is 10.9 Å². The Morgan fingerprint density at radius 2 is 1.85 bits per heavy atom. The molecule has 2 aromatic carbocycles. The first-order chi connectivity index (χ1) is 12.4. The predicted octanol–water partition coefficient (Wildman–Crippen LogP) is 5.82. The molecule has 1 aromatic heterocycles. The molecule has 0 saturated carbocycles. The van der Waals surface area contributed by atoms with Crippen LogP contribution in [0.5, 0.6) is 0 Å². The Kier molecular flexibility index (Phi) is 5.08. The van der Waals surface area contributed by atoms with Gasteiger partial charge in [0.15, 0.2) is 0 Å². The fourth-order valence-corrected chi connectivity index (χ4v) is 4.58. The Morgan fingerprint density at radius 3 is 2.48 bits per heavy atom. The van der Waals surface area contributed by atoms with Crippen molar-refractivity contribution in [1.82, 2.24) is 9.88 Å². The molecule has 0 spiro atoms.